The number of aryl methyl sites for hydroxylation is 1. The second-order valence-electron chi connectivity index (χ2n) is 5.12. The summed E-state index contributed by atoms with van der Waals surface area (Å²) in [6.07, 6.45) is 1.90. The fourth-order valence-electron chi connectivity index (χ4n) is 2.66. The zero-order chi connectivity index (χ0) is 14.8. The van der Waals surface area contributed by atoms with E-state index >= 15 is 0 Å². The van der Waals surface area contributed by atoms with Crippen LogP contribution >= 0.6 is 11.6 Å². The number of hydrogen-bond acceptors (Lipinski definition) is 2. The lowest BCUT2D eigenvalue weighted by atomic mass is 10.1. The van der Waals surface area contributed by atoms with Crippen LogP contribution < -0.4 is 16.4 Å². The van der Waals surface area contributed by atoms with Gasteiger partial charge in [0.05, 0.1) is 17.4 Å². The molecule has 0 saturated carbocycles. The van der Waals surface area contributed by atoms with E-state index < -0.39 is 0 Å². The number of benzene rings is 2. The summed E-state index contributed by atoms with van der Waals surface area (Å²) >= 11 is 5.91. The first-order valence-corrected chi connectivity index (χ1v) is 7.21. The standard InChI is InChI=1S/C16H16ClN3O/c17-11-6-7-13(18)15(9-11)20-16(21)19-14-8-5-10-3-1-2-4-12(10)14/h1-4,6-7,9,14H,5,8,18H2,(H2,19,20,21). The van der Waals surface area contributed by atoms with Gasteiger partial charge in [-0.3, -0.25) is 0 Å². The molecule has 3 rings (SSSR count). The molecule has 0 radical (unpaired) electrons. The average Bonchev–Trinajstić information content (AvgIpc) is 2.86. The first kappa shape index (κ1) is 13.8. The number of halogens is 1. The van der Waals surface area contributed by atoms with E-state index in [4.69, 9.17) is 17.3 Å². The van der Waals surface area contributed by atoms with E-state index in [1.807, 2.05) is 12.1 Å². The highest BCUT2D eigenvalue weighted by Crippen LogP contribution is 2.31. The third-order valence-electron chi connectivity index (χ3n) is 3.70. The third kappa shape index (κ3) is 2.95. The number of anilines is 2. The lowest BCUT2D eigenvalue weighted by Gasteiger charge is -2.15. The van der Waals surface area contributed by atoms with E-state index in [2.05, 4.69) is 22.8 Å². The minimum absolute atomic E-state index is 0.0432. The van der Waals surface area contributed by atoms with E-state index in [-0.39, 0.29) is 12.1 Å². The molecule has 0 spiro atoms. The first-order valence-electron chi connectivity index (χ1n) is 6.84. The summed E-state index contributed by atoms with van der Waals surface area (Å²) in [5, 5.41) is 6.26. The van der Waals surface area contributed by atoms with Crippen LogP contribution in [0.15, 0.2) is 42.5 Å². The highest BCUT2D eigenvalue weighted by molar-refractivity contribution is 6.31. The van der Waals surface area contributed by atoms with Crippen molar-refractivity contribution in [3.05, 3.63) is 58.6 Å². The monoisotopic (exact) mass is 301 g/mol. The smallest absolute Gasteiger partial charge is 0.319 e. The van der Waals surface area contributed by atoms with Crippen molar-refractivity contribution in [2.75, 3.05) is 11.1 Å². The SMILES string of the molecule is Nc1ccc(Cl)cc1NC(=O)NC1CCc2ccccc21. The number of fused-ring (bicyclic) bond motifs is 1. The highest BCUT2D eigenvalue weighted by Gasteiger charge is 2.23. The molecule has 108 valence electrons. The topological polar surface area (TPSA) is 67.1 Å². The number of nitrogens with one attached hydrogen (secondary N) is 2. The number of hydrogen-bond donors (Lipinski definition) is 3. The normalized spacial score (nSPS) is 16.3. The summed E-state index contributed by atoms with van der Waals surface area (Å²) in [4.78, 5) is 12.1. The van der Waals surface area contributed by atoms with Gasteiger partial charge in [0.1, 0.15) is 0 Å². The Bertz CT molecular complexity index is 687. The van der Waals surface area contributed by atoms with E-state index in [1.54, 1.807) is 18.2 Å². The zero-order valence-electron chi connectivity index (χ0n) is 11.4. The van der Waals surface area contributed by atoms with Crippen LogP contribution in [-0.4, -0.2) is 6.03 Å². The average molecular weight is 302 g/mol. The van der Waals surface area contributed by atoms with Crippen molar-refractivity contribution in [3.8, 4) is 0 Å². The Balaban J connectivity index is 1.69. The van der Waals surface area contributed by atoms with Crippen LogP contribution in [0.1, 0.15) is 23.6 Å². The Morgan fingerprint density at radius 1 is 1.24 bits per heavy atom. The van der Waals surface area contributed by atoms with Crippen LogP contribution in [0.5, 0.6) is 0 Å². The fourth-order valence-corrected chi connectivity index (χ4v) is 2.83. The van der Waals surface area contributed by atoms with Gasteiger partial charge in [-0.1, -0.05) is 35.9 Å². The van der Waals surface area contributed by atoms with Crippen LogP contribution in [0, 0.1) is 0 Å². The molecular formula is C16H16ClN3O. The molecule has 5 heteroatoms. The molecule has 2 aromatic rings. The molecule has 1 aliphatic rings. The number of urea groups is 1. The summed E-state index contributed by atoms with van der Waals surface area (Å²) in [7, 11) is 0. The van der Waals surface area contributed by atoms with Crippen molar-refractivity contribution >= 4 is 29.0 Å². The van der Waals surface area contributed by atoms with Gasteiger partial charge in [-0.25, -0.2) is 4.79 Å². The Labute approximate surface area is 128 Å². The summed E-state index contributed by atoms with van der Waals surface area (Å²) in [6, 6.07) is 12.9. The van der Waals surface area contributed by atoms with Crippen LogP contribution in [0.2, 0.25) is 5.02 Å². The van der Waals surface area contributed by atoms with Crippen LogP contribution in [-0.2, 0) is 6.42 Å². The van der Waals surface area contributed by atoms with Crippen molar-refractivity contribution < 1.29 is 4.79 Å². The first-order chi connectivity index (χ1) is 10.1. The van der Waals surface area contributed by atoms with Gasteiger partial charge in [0.25, 0.3) is 0 Å². The predicted molar refractivity (Wildman–Crippen MR) is 85.5 cm³/mol. The lowest BCUT2D eigenvalue weighted by Crippen LogP contribution is -2.31. The third-order valence-corrected chi connectivity index (χ3v) is 3.94. The molecular weight excluding hydrogens is 286 g/mol. The minimum atomic E-state index is -0.273. The second kappa shape index (κ2) is 5.66. The molecule has 1 aliphatic carbocycles. The second-order valence-corrected chi connectivity index (χ2v) is 5.56. The van der Waals surface area contributed by atoms with Gasteiger partial charge in [0.2, 0.25) is 0 Å². The van der Waals surface area contributed by atoms with Crippen molar-refractivity contribution in [2.45, 2.75) is 18.9 Å². The highest BCUT2D eigenvalue weighted by atomic mass is 35.5. The maximum Gasteiger partial charge on any atom is 0.319 e. The van der Waals surface area contributed by atoms with Gasteiger partial charge in [-0.05, 0) is 42.2 Å². The zero-order valence-corrected chi connectivity index (χ0v) is 12.2. The molecule has 21 heavy (non-hydrogen) atoms. The molecule has 0 heterocycles. The summed E-state index contributed by atoms with van der Waals surface area (Å²) in [6.45, 7) is 0. The predicted octanol–water partition coefficient (Wildman–Crippen LogP) is 3.73. The number of carbonyl (C=O) groups excluding carboxylic acids is 1. The van der Waals surface area contributed by atoms with E-state index in [1.165, 1.54) is 11.1 Å². The van der Waals surface area contributed by atoms with E-state index in [0.717, 1.165) is 12.8 Å². The number of nitrogens with two attached hydrogens (primary N) is 1. The maximum atomic E-state index is 12.1. The fraction of sp³-hybridized carbons (Fsp3) is 0.188. The van der Waals surface area contributed by atoms with Crippen LogP contribution in [0.4, 0.5) is 16.2 Å². The Kier molecular flexibility index (Phi) is 3.71. The molecule has 1 unspecified atom stereocenters. The molecule has 0 bridgehead atoms. The Morgan fingerprint density at radius 2 is 2.05 bits per heavy atom. The quantitative estimate of drug-likeness (QED) is 0.740. The van der Waals surface area contributed by atoms with Crippen molar-refractivity contribution in [3.63, 3.8) is 0 Å². The molecule has 0 aliphatic heterocycles. The maximum absolute atomic E-state index is 12.1. The molecule has 1 atom stereocenters. The molecule has 0 aromatic heterocycles. The largest absolute Gasteiger partial charge is 0.397 e. The molecule has 4 nitrogen and oxygen atoms in total. The molecule has 0 fully saturated rings. The van der Waals surface area contributed by atoms with E-state index in [0.29, 0.717) is 16.4 Å². The number of amides is 2. The van der Waals surface area contributed by atoms with Crippen molar-refractivity contribution in [1.29, 1.82) is 0 Å². The van der Waals surface area contributed by atoms with Gasteiger partial charge in [-0.15, -0.1) is 0 Å². The van der Waals surface area contributed by atoms with Crippen molar-refractivity contribution in [2.24, 2.45) is 0 Å². The van der Waals surface area contributed by atoms with E-state index in [9.17, 15) is 4.79 Å². The number of nitrogen functional groups attached to an aromatic ring is 1. The summed E-state index contributed by atoms with van der Waals surface area (Å²) in [5.41, 5.74) is 9.31. The van der Waals surface area contributed by atoms with Crippen molar-refractivity contribution in [1.82, 2.24) is 5.32 Å². The van der Waals surface area contributed by atoms with Gasteiger partial charge in [0, 0.05) is 5.02 Å². The van der Waals surface area contributed by atoms with Gasteiger partial charge in [0.15, 0.2) is 0 Å². The Morgan fingerprint density at radius 3 is 2.90 bits per heavy atom. The summed E-state index contributed by atoms with van der Waals surface area (Å²) in [5.74, 6) is 0. The molecule has 2 aromatic carbocycles. The van der Waals surface area contributed by atoms with Gasteiger partial charge >= 0.3 is 6.03 Å². The molecule has 4 N–H and O–H groups in total. The van der Waals surface area contributed by atoms with Crippen LogP contribution in [0.3, 0.4) is 0 Å². The van der Waals surface area contributed by atoms with Gasteiger partial charge in [-0.2, -0.15) is 0 Å². The van der Waals surface area contributed by atoms with Crippen LogP contribution in [0.25, 0.3) is 0 Å². The Hall–Kier alpha value is -2.20. The minimum Gasteiger partial charge on any atom is -0.397 e. The lowest BCUT2D eigenvalue weighted by molar-refractivity contribution is 0.248. The number of rotatable bonds is 2. The number of carbonyl (C=O) groups is 1. The summed E-state index contributed by atoms with van der Waals surface area (Å²) < 4.78 is 0. The molecule has 0 saturated heterocycles. The molecule has 2 amide bonds. The van der Waals surface area contributed by atoms with Gasteiger partial charge < -0.3 is 16.4 Å².